The minimum Gasteiger partial charge on any atom is -0.350 e. The second kappa shape index (κ2) is 7.50. The molecule has 1 amide bonds. The number of likely N-dealkylation sites (N-methyl/N-ethyl adjacent to an activating group) is 1. The zero-order valence-corrected chi connectivity index (χ0v) is 16.0. The lowest BCUT2D eigenvalue weighted by Gasteiger charge is -2.43. The Hall–Kier alpha value is -1.90. The summed E-state index contributed by atoms with van der Waals surface area (Å²) in [5, 5.41) is 0. The number of amides is 1. The third-order valence-corrected chi connectivity index (χ3v) is 6.11. The van der Waals surface area contributed by atoms with Crippen molar-refractivity contribution in [1.82, 2.24) is 19.8 Å². The molecule has 0 N–H and O–H groups in total. The van der Waals surface area contributed by atoms with Crippen LogP contribution in [0, 0.1) is 0 Å². The van der Waals surface area contributed by atoms with E-state index >= 15 is 0 Å². The summed E-state index contributed by atoms with van der Waals surface area (Å²) in [5.41, 5.74) is -0.892. The zero-order valence-electron chi connectivity index (χ0n) is 16.0. The van der Waals surface area contributed by atoms with Gasteiger partial charge >= 0.3 is 6.18 Å². The number of aromatic nitrogens is 2. The molecular weight excluding hydrogens is 371 g/mol. The first-order valence-electron chi connectivity index (χ1n) is 10.0. The minimum absolute atomic E-state index is 0.0510. The number of likely N-dealkylation sites (tertiary alicyclic amines) is 2. The number of anilines is 1. The summed E-state index contributed by atoms with van der Waals surface area (Å²) in [5.74, 6) is 0.561. The van der Waals surface area contributed by atoms with E-state index in [-0.39, 0.29) is 24.0 Å². The summed E-state index contributed by atoms with van der Waals surface area (Å²) in [7, 11) is 1.85. The lowest BCUT2D eigenvalue weighted by molar-refractivity contribution is -0.141. The first-order valence-corrected chi connectivity index (χ1v) is 10.0. The number of hydrogen-bond donors (Lipinski definition) is 0. The van der Waals surface area contributed by atoms with Gasteiger partial charge in [-0.3, -0.25) is 9.69 Å². The SMILES string of the molecule is CN1CCCC(N2CCC(N(c3cc(C(F)(F)F)ncn3)C3CC3)CC2)C1=O. The van der Waals surface area contributed by atoms with E-state index in [0.29, 0.717) is 5.82 Å². The summed E-state index contributed by atoms with van der Waals surface area (Å²) >= 11 is 0. The van der Waals surface area contributed by atoms with Crippen LogP contribution in [0.1, 0.15) is 44.2 Å². The summed E-state index contributed by atoms with van der Waals surface area (Å²) < 4.78 is 39.2. The van der Waals surface area contributed by atoms with Crippen LogP contribution in [0.2, 0.25) is 0 Å². The normalized spacial score (nSPS) is 25.2. The van der Waals surface area contributed by atoms with E-state index in [1.807, 2.05) is 7.05 Å². The largest absolute Gasteiger partial charge is 0.433 e. The predicted octanol–water partition coefficient (Wildman–Crippen LogP) is 2.55. The average molecular weight is 397 g/mol. The van der Waals surface area contributed by atoms with E-state index in [1.165, 1.54) is 0 Å². The standard InChI is InChI=1S/C19H26F3N5O/c1-25-8-2-3-15(18(25)28)26-9-6-14(7-10-26)27(13-4-5-13)17-11-16(19(20,21)22)23-12-24-17/h11-15H,2-10H2,1H3. The third kappa shape index (κ3) is 3.94. The molecule has 154 valence electrons. The Bertz CT molecular complexity index is 716. The number of hydrogen-bond acceptors (Lipinski definition) is 5. The van der Waals surface area contributed by atoms with Crippen LogP contribution in [0.25, 0.3) is 0 Å². The summed E-state index contributed by atoms with van der Waals surface area (Å²) in [4.78, 5) is 26.1. The van der Waals surface area contributed by atoms with Crippen LogP contribution in [-0.2, 0) is 11.0 Å². The van der Waals surface area contributed by atoms with Gasteiger partial charge in [-0.15, -0.1) is 0 Å². The Morgan fingerprint density at radius 1 is 1.04 bits per heavy atom. The lowest BCUT2D eigenvalue weighted by atomic mass is 9.97. The number of piperidine rings is 2. The van der Waals surface area contributed by atoms with Crippen LogP contribution in [0.15, 0.2) is 12.4 Å². The van der Waals surface area contributed by atoms with E-state index in [0.717, 1.165) is 70.6 Å². The number of halogens is 3. The van der Waals surface area contributed by atoms with Gasteiger partial charge < -0.3 is 9.80 Å². The highest BCUT2D eigenvalue weighted by molar-refractivity contribution is 5.82. The van der Waals surface area contributed by atoms with Crippen molar-refractivity contribution in [1.29, 1.82) is 0 Å². The molecule has 6 nitrogen and oxygen atoms in total. The molecule has 0 aromatic carbocycles. The van der Waals surface area contributed by atoms with Gasteiger partial charge in [-0.1, -0.05) is 0 Å². The molecule has 2 aliphatic heterocycles. The van der Waals surface area contributed by atoms with E-state index in [2.05, 4.69) is 19.8 Å². The van der Waals surface area contributed by atoms with Crippen LogP contribution < -0.4 is 4.90 Å². The van der Waals surface area contributed by atoms with Gasteiger partial charge in [0.05, 0.1) is 6.04 Å². The van der Waals surface area contributed by atoms with Crippen LogP contribution in [-0.4, -0.2) is 70.5 Å². The molecule has 0 spiro atoms. The molecule has 0 bridgehead atoms. The van der Waals surface area contributed by atoms with E-state index < -0.39 is 11.9 Å². The topological polar surface area (TPSA) is 52.6 Å². The van der Waals surface area contributed by atoms with Crippen molar-refractivity contribution in [2.24, 2.45) is 0 Å². The molecule has 0 radical (unpaired) electrons. The predicted molar refractivity (Wildman–Crippen MR) is 97.8 cm³/mol. The second-order valence-corrected chi connectivity index (χ2v) is 8.08. The first kappa shape index (κ1) is 19.4. The highest BCUT2D eigenvalue weighted by Crippen LogP contribution is 2.37. The second-order valence-electron chi connectivity index (χ2n) is 8.08. The maximum atomic E-state index is 13.1. The van der Waals surface area contributed by atoms with Crippen molar-refractivity contribution in [3.8, 4) is 0 Å². The van der Waals surface area contributed by atoms with E-state index in [9.17, 15) is 18.0 Å². The molecule has 1 unspecified atom stereocenters. The molecule has 1 aliphatic carbocycles. The van der Waals surface area contributed by atoms with Crippen molar-refractivity contribution in [2.75, 3.05) is 31.6 Å². The highest BCUT2D eigenvalue weighted by Gasteiger charge is 2.40. The smallest absolute Gasteiger partial charge is 0.350 e. The van der Waals surface area contributed by atoms with Crippen molar-refractivity contribution < 1.29 is 18.0 Å². The number of nitrogens with zero attached hydrogens (tertiary/aromatic N) is 5. The Balaban J connectivity index is 1.46. The Labute approximate surface area is 162 Å². The summed E-state index contributed by atoms with van der Waals surface area (Å²) in [6.45, 7) is 2.39. The Morgan fingerprint density at radius 3 is 2.36 bits per heavy atom. The molecular formula is C19H26F3N5O. The van der Waals surface area contributed by atoms with Gasteiger partial charge in [-0.25, -0.2) is 9.97 Å². The summed E-state index contributed by atoms with van der Waals surface area (Å²) in [6, 6.07) is 1.43. The molecule has 4 rings (SSSR count). The number of alkyl halides is 3. The van der Waals surface area contributed by atoms with Gasteiger partial charge in [-0.2, -0.15) is 13.2 Å². The molecule has 1 aromatic rings. The Morgan fingerprint density at radius 2 is 1.71 bits per heavy atom. The summed E-state index contributed by atoms with van der Waals surface area (Å²) in [6.07, 6.45) is 2.08. The van der Waals surface area contributed by atoms with Crippen molar-refractivity contribution >= 4 is 11.7 Å². The lowest BCUT2D eigenvalue weighted by Crippen LogP contribution is -2.55. The molecule has 28 heavy (non-hydrogen) atoms. The van der Waals surface area contributed by atoms with Crippen LogP contribution >= 0.6 is 0 Å². The maximum absolute atomic E-state index is 13.1. The molecule has 3 heterocycles. The minimum atomic E-state index is -4.47. The number of carbonyl (C=O) groups excluding carboxylic acids is 1. The van der Waals surface area contributed by atoms with Crippen molar-refractivity contribution in [2.45, 2.75) is 62.8 Å². The average Bonchev–Trinajstić information content (AvgIpc) is 3.50. The monoisotopic (exact) mass is 397 g/mol. The number of rotatable bonds is 4. The maximum Gasteiger partial charge on any atom is 0.433 e. The van der Waals surface area contributed by atoms with Gasteiger partial charge in [0.15, 0.2) is 0 Å². The van der Waals surface area contributed by atoms with Gasteiger partial charge in [-0.05, 0) is 38.5 Å². The van der Waals surface area contributed by atoms with Crippen LogP contribution in [0.4, 0.5) is 19.0 Å². The third-order valence-electron chi connectivity index (χ3n) is 6.11. The Kier molecular flexibility index (Phi) is 5.20. The van der Waals surface area contributed by atoms with Gasteiger partial charge in [0.2, 0.25) is 5.91 Å². The fourth-order valence-corrected chi connectivity index (χ4v) is 4.49. The molecule has 2 saturated heterocycles. The molecule has 1 saturated carbocycles. The van der Waals surface area contributed by atoms with Gasteiger partial charge in [0.25, 0.3) is 0 Å². The highest BCUT2D eigenvalue weighted by atomic mass is 19.4. The molecule has 3 fully saturated rings. The molecule has 3 aliphatic rings. The molecule has 9 heteroatoms. The quantitative estimate of drug-likeness (QED) is 0.782. The van der Waals surface area contributed by atoms with E-state index in [4.69, 9.17) is 0 Å². The molecule has 1 atom stereocenters. The van der Waals surface area contributed by atoms with Crippen LogP contribution in [0.5, 0.6) is 0 Å². The van der Waals surface area contributed by atoms with Crippen molar-refractivity contribution in [3.63, 3.8) is 0 Å². The van der Waals surface area contributed by atoms with E-state index in [1.54, 1.807) is 4.90 Å². The molecule has 1 aromatic heterocycles. The van der Waals surface area contributed by atoms with Crippen LogP contribution in [0.3, 0.4) is 0 Å². The zero-order chi connectivity index (χ0) is 19.9. The van der Waals surface area contributed by atoms with Gasteiger partial charge in [0, 0.05) is 44.8 Å². The number of carbonyl (C=O) groups is 1. The fourth-order valence-electron chi connectivity index (χ4n) is 4.49. The van der Waals surface area contributed by atoms with Crippen molar-refractivity contribution in [3.05, 3.63) is 18.1 Å². The first-order chi connectivity index (χ1) is 13.3. The fraction of sp³-hybridized carbons (Fsp3) is 0.737. The van der Waals surface area contributed by atoms with Gasteiger partial charge in [0.1, 0.15) is 17.8 Å².